The minimum Gasteiger partial charge on any atom is -0.496 e. The lowest BCUT2D eigenvalue weighted by atomic mass is 10.1. The van der Waals surface area contributed by atoms with Crippen molar-refractivity contribution in [3.05, 3.63) is 58.7 Å². The summed E-state index contributed by atoms with van der Waals surface area (Å²) >= 11 is 0. The summed E-state index contributed by atoms with van der Waals surface area (Å²) in [4.78, 5) is 13.7. The van der Waals surface area contributed by atoms with E-state index in [0.717, 1.165) is 37.5 Å². The molecule has 0 aliphatic carbocycles. The predicted molar refractivity (Wildman–Crippen MR) is 101 cm³/mol. The van der Waals surface area contributed by atoms with Gasteiger partial charge < -0.3 is 15.0 Å². The number of amides is 1. The molecule has 4 nitrogen and oxygen atoms in total. The highest BCUT2D eigenvalue weighted by Gasteiger charge is 2.21. The van der Waals surface area contributed by atoms with Crippen LogP contribution in [0.4, 0.5) is 5.69 Å². The summed E-state index contributed by atoms with van der Waals surface area (Å²) in [7, 11) is 1.71. The molecule has 0 spiro atoms. The van der Waals surface area contributed by atoms with E-state index >= 15 is 0 Å². The Hall–Kier alpha value is -2.33. The minimum absolute atomic E-state index is 0.233. The quantitative estimate of drug-likeness (QED) is 0.872. The zero-order valence-corrected chi connectivity index (χ0v) is 15.3. The summed E-state index contributed by atoms with van der Waals surface area (Å²) in [6, 6.07) is 12.6. The number of nitrogens with zero attached hydrogens (tertiary/aromatic N) is 1. The number of hydrogen-bond acceptors (Lipinski definition) is 3. The summed E-state index contributed by atoms with van der Waals surface area (Å²) in [5.74, 6) is 1.20. The molecule has 1 aliphatic rings. The number of nitrogens with one attached hydrogen (secondary N) is 1. The largest absolute Gasteiger partial charge is 0.496 e. The molecule has 1 fully saturated rings. The molecule has 1 amide bonds. The van der Waals surface area contributed by atoms with E-state index in [0.29, 0.717) is 6.42 Å². The summed E-state index contributed by atoms with van der Waals surface area (Å²) in [5.41, 5.74) is 5.82. The fourth-order valence-electron chi connectivity index (χ4n) is 3.53. The molecule has 132 valence electrons. The molecule has 3 rings (SSSR count). The summed E-state index contributed by atoms with van der Waals surface area (Å²) in [5, 5.41) is 3.49. The number of anilines is 1. The Balaban J connectivity index is 1.56. The fraction of sp³-hybridized carbons (Fsp3) is 0.381. The molecule has 0 unspecified atom stereocenters. The zero-order chi connectivity index (χ0) is 17.8. The lowest BCUT2D eigenvalue weighted by molar-refractivity contribution is -0.117. The summed E-state index contributed by atoms with van der Waals surface area (Å²) < 4.78 is 5.42. The van der Waals surface area contributed by atoms with Crippen molar-refractivity contribution in [3.63, 3.8) is 0 Å². The van der Waals surface area contributed by atoms with Crippen LogP contribution in [0.2, 0.25) is 0 Å². The minimum atomic E-state index is 0.233. The van der Waals surface area contributed by atoms with Gasteiger partial charge in [0.2, 0.25) is 5.91 Å². The van der Waals surface area contributed by atoms with Crippen molar-refractivity contribution in [1.29, 1.82) is 0 Å². The van der Waals surface area contributed by atoms with Crippen LogP contribution in [0.3, 0.4) is 0 Å². The van der Waals surface area contributed by atoms with Gasteiger partial charge in [-0.05, 0) is 54.7 Å². The number of methoxy groups -OCH3 is 1. The first-order chi connectivity index (χ1) is 12.1. The van der Waals surface area contributed by atoms with Gasteiger partial charge in [-0.25, -0.2) is 0 Å². The summed E-state index contributed by atoms with van der Waals surface area (Å²) in [6.45, 7) is 6.62. The van der Waals surface area contributed by atoms with Crippen molar-refractivity contribution in [3.8, 4) is 5.75 Å². The van der Waals surface area contributed by atoms with Gasteiger partial charge in [0.25, 0.3) is 0 Å². The van der Waals surface area contributed by atoms with Gasteiger partial charge in [-0.2, -0.15) is 0 Å². The van der Waals surface area contributed by atoms with E-state index in [9.17, 15) is 4.79 Å². The van der Waals surface area contributed by atoms with E-state index < -0.39 is 0 Å². The molecule has 0 saturated carbocycles. The van der Waals surface area contributed by atoms with E-state index in [4.69, 9.17) is 4.74 Å². The van der Waals surface area contributed by atoms with Gasteiger partial charge in [0, 0.05) is 31.7 Å². The van der Waals surface area contributed by atoms with Crippen molar-refractivity contribution in [2.45, 2.75) is 39.8 Å². The third-order valence-corrected chi connectivity index (χ3v) is 4.70. The Morgan fingerprint density at radius 3 is 2.24 bits per heavy atom. The van der Waals surface area contributed by atoms with E-state index in [1.807, 2.05) is 17.0 Å². The zero-order valence-electron chi connectivity index (χ0n) is 15.3. The first-order valence-corrected chi connectivity index (χ1v) is 8.82. The normalized spacial score (nSPS) is 14.2. The maximum atomic E-state index is 11.8. The Kier molecular flexibility index (Phi) is 5.39. The van der Waals surface area contributed by atoms with Crippen LogP contribution in [-0.4, -0.2) is 19.6 Å². The molecule has 0 bridgehead atoms. The molecule has 0 aromatic heterocycles. The van der Waals surface area contributed by atoms with Crippen LogP contribution in [-0.2, 0) is 17.9 Å². The molecular weight excluding hydrogens is 312 g/mol. The predicted octanol–water partition coefficient (Wildman–Crippen LogP) is 3.73. The number of benzene rings is 2. The molecular formula is C21H26N2O2. The van der Waals surface area contributed by atoms with E-state index in [-0.39, 0.29) is 5.91 Å². The highest BCUT2D eigenvalue weighted by atomic mass is 16.5. The number of hydrogen-bond donors (Lipinski definition) is 1. The van der Waals surface area contributed by atoms with Gasteiger partial charge in [-0.15, -0.1) is 0 Å². The van der Waals surface area contributed by atoms with Crippen molar-refractivity contribution in [2.24, 2.45) is 0 Å². The second kappa shape index (κ2) is 7.70. The maximum absolute atomic E-state index is 11.8. The molecule has 4 heteroatoms. The first kappa shape index (κ1) is 17.5. The van der Waals surface area contributed by atoms with E-state index in [1.165, 1.54) is 22.3 Å². The lowest BCUT2D eigenvalue weighted by Gasteiger charge is -2.16. The van der Waals surface area contributed by atoms with Crippen LogP contribution in [0, 0.1) is 13.8 Å². The SMILES string of the molecule is COc1c(C)cc(CNCc2ccc(N3CCCC3=O)cc2)cc1C. The Bertz CT molecular complexity index is 730. The third-order valence-electron chi connectivity index (χ3n) is 4.70. The van der Waals surface area contributed by atoms with Crippen LogP contribution >= 0.6 is 0 Å². The molecule has 0 radical (unpaired) electrons. The number of rotatable bonds is 6. The summed E-state index contributed by atoms with van der Waals surface area (Å²) in [6.07, 6.45) is 1.63. The lowest BCUT2D eigenvalue weighted by Crippen LogP contribution is -2.23. The topological polar surface area (TPSA) is 41.6 Å². The van der Waals surface area contributed by atoms with E-state index in [1.54, 1.807) is 7.11 Å². The standard InChI is InChI=1S/C21H26N2O2/c1-15-11-18(12-16(2)21(15)25-3)14-22-13-17-6-8-19(9-7-17)23-10-4-5-20(23)24/h6-9,11-12,22H,4-5,10,13-14H2,1-3H3. The fourth-order valence-corrected chi connectivity index (χ4v) is 3.53. The number of aryl methyl sites for hydroxylation is 2. The van der Waals surface area contributed by atoms with Crippen LogP contribution in [0.25, 0.3) is 0 Å². The monoisotopic (exact) mass is 338 g/mol. The number of ether oxygens (including phenoxy) is 1. The molecule has 25 heavy (non-hydrogen) atoms. The number of carbonyl (C=O) groups excluding carboxylic acids is 1. The van der Waals surface area contributed by atoms with Crippen molar-refractivity contribution in [2.75, 3.05) is 18.6 Å². The first-order valence-electron chi connectivity index (χ1n) is 8.82. The van der Waals surface area contributed by atoms with Crippen LogP contribution in [0.15, 0.2) is 36.4 Å². The molecule has 2 aromatic rings. The highest BCUT2D eigenvalue weighted by Crippen LogP contribution is 2.24. The van der Waals surface area contributed by atoms with Gasteiger partial charge >= 0.3 is 0 Å². The Morgan fingerprint density at radius 1 is 1.04 bits per heavy atom. The second-order valence-electron chi connectivity index (χ2n) is 6.68. The molecule has 1 saturated heterocycles. The van der Waals surface area contributed by atoms with Gasteiger partial charge in [0.15, 0.2) is 0 Å². The third kappa shape index (κ3) is 4.02. The van der Waals surface area contributed by atoms with Gasteiger partial charge in [0.05, 0.1) is 7.11 Å². The van der Waals surface area contributed by atoms with Crippen molar-refractivity contribution >= 4 is 11.6 Å². The van der Waals surface area contributed by atoms with Crippen LogP contribution in [0.1, 0.15) is 35.1 Å². The average Bonchev–Trinajstić information content (AvgIpc) is 3.01. The number of carbonyl (C=O) groups is 1. The average molecular weight is 338 g/mol. The Morgan fingerprint density at radius 2 is 1.68 bits per heavy atom. The molecule has 2 aromatic carbocycles. The maximum Gasteiger partial charge on any atom is 0.227 e. The molecule has 0 atom stereocenters. The van der Waals surface area contributed by atoms with Crippen LogP contribution < -0.4 is 15.0 Å². The van der Waals surface area contributed by atoms with Gasteiger partial charge in [-0.3, -0.25) is 4.79 Å². The van der Waals surface area contributed by atoms with Crippen molar-refractivity contribution in [1.82, 2.24) is 5.32 Å². The smallest absolute Gasteiger partial charge is 0.227 e. The van der Waals surface area contributed by atoms with Crippen LogP contribution in [0.5, 0.6) is 5.75 Å². The molecule has 1 N–H and O–H groups in total. The van der Waals surface area contributed by atoms with Gasteiger partial charge in [0.1, 0.15) is 5.75 Å². The van der Waals surface area contributed by atoms with Crippen molar-refractivity contribution < 1.29 is 9.53 Å². The second-order valence-corrected chi connectivity index (χ2v) is 6.68. The Labute approximate surface area is 149 Å². The molecule has 1 heterocycles. The molecule has 1 aliphatic heterocycles. The van der Waals surface area contributed by atoms with Gasteiger partial charge in [-0.1, -0.05) is 24.3 Å². The van der Waals surface area contributed by atoms with E-state index in [2.05, 4.69) is 43.4 Å². The highest BCUT2D eigenvalue weighted by molar-refractivity contribution is 5.95.